The van der Waals surface area contributed by atoms with Crippen LogP contribution in [-0.2, 0) is 19.3 Å². The Morgan fingerprint density at radius 3 is 2.48 bits per heavy atom. The van der Waals surface area contributed by atoms with Gasteiger partial charge in [-0.25, -0.2) is 4.98 Å². The van der Waals surface area contributed by atoms with E-state index in [2.05, 4.69) is 36.1 Å². The van der Waals surface area contributed by atoms with Gasteiger partial charge in [-0.2, -0.15) is 0 Å². The first-order valence-corrected chi connectivity index (χ1v) is 8.40. The maximum atomic E-state index is 11.2. The number of hydrogen-bond donors (Lipinski definition) is 0. The number of carbonyl (C=O) groups excluding carboxylic acids is 1. The SMILES string of the molecule is CCCc1nc(N2CCc3ccccc3CC2)sc1C=O. The van der Waals surface area contributed by atoms with Gasteiger partial charge < -0.3 is 4.90 Å². The van der Waals surface area contributed by atoms with Crippen LogP contribution in [0.5, 0.6) is 0 Å². The number of carbonyl (C=O) groups is 1. The van der Waals surface area contributed by atoms with Crippen LogP contribution < -0.4 is 4.90 Å². The Balaban J connectivity index is 1.81. The van der Waals surface area contributed by atoms with E-state index in [1.807, 2.05) is 0 Å². The second kappa shape index (κ2) is 6.39. The maximum absolute atomic E-state index is 11.2. The summed E-state index contributed by atoms with van der Waals surface area (Å²) in [6.07, 6.45) is 4.97. The van der Waals surface area contributed by atoms with E-state index in [0.29, 0.717) is 0 Å². The van der Waals surface area contributed by atoms with Crippen LogP contribution in [0.15, 0.2) is 24.3 Å². The lowest BCUT2D eigenvalue weighted by atomic mass is 10.0. The third kappa shape index (κ3) is 3.00. The summed E-state index contributed by atoms with van der Waals surface area (Å²) in [5, 5.41) is 1.01. The molecule has 0 N–H and O–H groups in total. The monoisotopic (exact) mass is 300 g/mol. The number of benzene rings is 1. The molecule has 4 heteroatoms. The van der Waals surface area contributed by atoms with E-state index in [1.54, 1.807) is 11.3 Å². The van der Waals surface area contributed by atoms with Gasteiger partial charge in [-0.1, -0.05) is 48.9 Å². The lowest BCUT2D eigenvalue weighted by Crippen LogP contribution is -2.25. The van der Waals surface area contributed by atoms with Gasteiger partial charge in [0, 0.05) is 13.1 Å². The van der Waals surface area contributed by atoms with Crippen LogP contribution in [0.1, 0.15) is 39.8 Å². The van der Waals surface area contributed by atoms with E-state index in [9.17, 15) is 4.79 Å². The van der Waals surface area contributed by atoms with Crippen molar-refractivity contribution in [1.29, 1.82) is 0 Å². The van der Waals surface area contributed by atoms with Crippen molar-refractivity contribution < 1.29 is 4.79 Å². The van der Waals surface area contributed by atoms with E-state index in [1.165, 1.54) is 11.1 Å². The number of anilines is 1. The van der Waals surface area contributed by atoms with E-state index in [0.717, 1.165) is 60.8 Å². The van der Waals surface area contributed by atoms with Gasteiger partial charge >= 0.3 is 0 Å². The third-order valence-corrected chi connectivity index (χ3v) is 5.08. The molecule has 0 saturated heterocycles. The number of nitrogens with zero attached hydrogens (tertiary/aromatic N) is 2. The number of aromatic nitrogens is 1. The average molecular weight is 300 g/mol. The smallest absolute Gasteiger partial charge is 0.186 e. The molecule has 1 aromatic heterocycles. The number of aldehydes is 1. The summed E-state index contributed by atoms with van der Waals surface area (Å²) in [6, 6.07) is 8.67. The third-order valence-electron chi connectivity index (χ3n) is 4.00. The summed E-state index contributed by atoms with van der Waals surface area (Å²) in [5.41, 5.74) is 3.86. The van der Waals surface area contributed by atoms with Crippen molar-refractivity contribution in [3.05, 3.63) is 46.0 Å². The summed E-state index contributed by atoms with van der Waals surface area (Å²) < 4.78 is 0. The Morgan fingerprint density at radius 2 is 1.90 bits per heavy atom. The Bertz CT molecular complexity index is 608. The fourth-order valence-electron chi connectivity index (χ4n) is 2.85. The van der Waals surface area contributed by atoms with Crippen molar-refractivity contribution in [3.8, 4) is 0 Å². The first kappa shape index (κ1) is 14.3. The van der Waals surface area contributed by atoms with E-state index < -0.39 is 0 Å². The van der Waals surface area contributed by atoms with Crippen molar-refractivity contribution in [2.45, 2.75) is 32.6 Å². The molecule has 21 heavy (non-hydrogen) atoms. The Hall–Kier alpha value is -1.68. The molecule has 0 spiro atoms. The molecule has 2 aromatic rings. The minimum absolute atomic E-state index is 0.800. The van der Waals surface area contributed by atoms with E-state index >= 15 is 0 Å². The Kier molecular flexibility index (Phi) is 4.34. The van der Waals surface area contributed by atoms with Gasteiger partial charge in [0.2, 0.25) is 0 Å². The number of aryl methyl sites for hydroxylation is 1. The second-order valence-corrected chi connectivity index (χ2v) is 6.44. The zero-order valence-electron chi connectivity index (χ0n) is 12.3. The zero-order chi connectivity index (χ0) is 14.7. The van der Waals surface area contributed by atoms with Gasteiger partial charge in [-0.05, 0) is 30.4 Å². The number of fused-ring (bicyclic) bond motifs is 1. The molecule has 3 nitrogen and oxygen atoms in total. The van der Waals surface area contributed by atoms with Gasteiger partial charge in [0.15, 0.2) is 11.4 Å². The Labute approximate surface area is 129 Å². The molecule has 0 aliphatic carbocycles. The zero-order valence-corrected chi connectivity index (χ0v) is 13.2. The molecule has 0 saturated carbocycles. The van der Waals surface area contributed by atoms with Crippen molar-refractivity contribution in [3.63, 3.8) is 0 Å². The van der Waals surface area contributed by atoms with Crippen LogP contribution in [0.2, 0.25) is 0 Å². The first-order chi connectivity index (χ1) is 10.3. The van der Waals surface area contributed by atoms with Crippen molar-refractivity contribution in [2.24, 2.45) is 0 Å². The normalized spacial score (nSPS) is 14.6. The quantitative estimate of drug-likeness (QED) is 0.810. The lowest BCUT2D eigenvalue weighted by molar-refractivity contribution is 0.112. The summed E-state index contributed by atoms with van der Waals surface area (Å²) in [6.45, 7) is 4.08. The van der Waals surface area contributed by atoms with Crippen LogP contribution in [0.25, 0.3) is 0 Å². The fraction of sp³-hybridized carbons (Fsp3) is 0.412. The predicted octanol–water partition coefficient (Wildman–Crippen LogP) is 3.51. The maximum Gasteiger partial charge on any atom is 0.186 e. The van der Waals surface area contributed by atoms with Crippen molar-refractivity contribution >= 4 is 22.8 Å². The number of thiazole rings is 1. The largest absolute Gasteiger partial charge is 0.347 e. The molecule has 0 atom stereocenters. The molecular weight excluding hydrogens is 280 g/mol. The van der Waals surface area contributed by atoms with Crippen LogP contribution in [-0.4, -0.2) is 24.4 Å². The molecule has 0 bridgehead atoms. The molecule has 1 aromatic carbocycles. The molecule has 1 aliphatic rings. The first-order valence-electron chi connectivity index (χ1n) is 7.58. The highest BCUT2D eigenvalue weighted by atomic mass is 32.1. The molecule has 110 valence electrons. The summed E-state index contributed by atoms with van der Waals surface area (Å²) in [4.78, 5) is 19.0. The standard InChI is InChI=1S/C17H20N2OS/c1-2-5-15-16(12-20)21-17(18-15)19-10-8-13-6-3-4-7-14(13)9-11-19/h3-4,6-7,12H,2,5,8-11H2,1H3. The highest BCUT2D eigenvalue weighted by molar-refractivity contribution is 7.17. The molecule has 0 radical (unpaired) electrons. The average Bonchev–Trinajstić information content (AvgIpc) is 2.79. The van der Waals surface area contributed by atoms with Crippen molar-refractivity contribution in [2.75, 3.05) is 18.0 Å². The summed E-state index contributed by atoms with van der Waals surface area (Å²) in [7, 11) is 0. The minimum Gasteiger partial charge on any atom is -0.347 e. The van der Waals surface area contributed by atoms with Crippen molar-refractivity contribution in [1.82, 2.24) is 4.98 Å². The number of hydrogen-bond acceptors (Lipinski definition) is 4. The van der Waals surface area contributed by atoms with Crippen LogP contribution in [0.3, 0.4) is 0 Å². The second-order valence-electron chi connectivity index (χ2n) is 5.43. The van der Waals surface area contributed by atoms with Gasteiger partial charge in [0.05, 0.1) is 10.6 Å². The molecule has 3 rings (SSSR count). The molecule has 1 aliphatic heterocycles. The van der Waals surface area contributed by atoms with E-state index in [-0.39, 0.29) is 0 Å². The topological polar surface area (TPSA) is 33.2 Å². The Morgan fingerprint density at radius 1 is 1.24 bits per heavy atom. The van der Waals surface area contributed by atoms with E-state index in [4.69, 9.17) is 4.98 Å². The number of rotatable bonds is 4. The van der Waals surface area contributed by atoms with Crippen LogP contribution in [0, 0.1) is 0 Å². The molecule has 0 amide bonds. The van der Waals surface area contributed by atoms with Gasteiger partial charge in [-0.3, -0.25) is 4.79 Å². The summed E-state index contributed by atoms with van der Waals surface area (Å²) in [5.74, 6) is 0. The highest BCUT2D eigenvalue weighted by Crippen LogP contribution is 2.28. The lowest BCUT2D eigenvalue weighted by Gasteiger charge is -2.18. The summed E-state index contributed by atoms with van der Waals surface area (Å²) >= 11 is 1.54. The molecular formula is C17H20N2OS. The molecule has 0 unspecified atom stereocenters. The fourth-order valence-corrected chi connectivity index (χ4v) is 3.83. The van der Waals surface area contributed by atoms with Gasteiger partial charge in [0.1, 0.15) is 0 Å². The van der Waals surface area contributed by atoms with Crippen LogP contribution >= 0.6 is 11.3 Å². The van der Waals surface area contributed by atoms with Gasteiger partial charge in [0.25, 0.3) is 0 Å². The minimum atomic E-state index is 0.800. The van der Waals surface area contributed by atoms with Gasteiger partial charge in [-0.15, -0.1) is 0 Å². The molecule has 2 heterocycles. The van der Waals surface area contributed by atoms with Crippen LogP contribution in [0.4, 0.5) is 5.13 Å². The predicted molar refractivity (Wildman–Crippen MR) is 87.6 cm³/mol. The molecule has 0 fully saturated rings. The highest BCUT2D eigenvalue weighted by Gasteiger charge is 2.18.